The Kier molecular flexibility index (Phi) is 12.4. The normalized spacial score (nSPS) is 11.6. The van der Waals surface area contributed by atoms with Gasteiger partial charge in [0.15, 0.2) is 0 Å². The first-order chi connectivity index (χ1) is 19.0. The Morgan fingerprint density at radius 1 is 0.897 bits per heavy atom. The molecular formula is C30H42ClN5O3. The van der Waals surface area contributed by atoms with Crippen LogP contribution in [0.1, 0.15) is 88.4 Å². The number of esters is 1. The van der Waals surface area contributed by atoms with Crippen molar-refractivity contribution in [2.45, 2.75) is 84.6 Å². The molecule has 2 amide bonds. The van der Waals surface area contributed by atoms with E-state index in [4.69, 9.17) is 16.3 Å². The summed E-state index contributed by atoms with van der Waals surface area (Å²) in [5, 5.41) is 7.31. The standard InChI is InChI=1S/C30H42ClN5O3/c1-4-6-7-8-9-10-11-12-13-16-21-39-28(37)23-19-20-24(31)25(22-23)32-29(38)33-34-30-35(3)26-17-14-15-18-27(26)36(30)5-2/h14-15,17-20,22H,4-13,16,21H2,1-3H3,(H2,32,33,38)/b34-30-. The number of unbranched alkanes of at least 4 members (excludes halogenated alkanes) is 9. The molecule has 3 aromatic rings. The zero-order chi connectivity index (χ0) is 28.0. The minimum absolute atomic E-state index is 0.304. The Hall–Kier alpha value is -3.26. The van der Waals surface area contributed by atoms with Crippen LogP contribution in [0.5, 0.6) is 0 Å². The summed E-state index contributed by atoms with van der Waals surface area (Å²) in [4.78, 5) is 25.2. The highest BCUT2D eigenvalue weighted by atomic mass is 35.5. The van der Waals surface area contributed by atoms with Gasteiger partial charge >= 0.3 is 12.0 Å². The fourth-order valence-electron chi connectivity index (χ4n) is 4.66. The molecule has 212 valence electrons. The van der Waals surface area contributed by atoms with Gasteiger partial charge in [0.05, 0.1) is 33.9 Å². The lowest BCUT2D eigenvalue weighted by molar-refractivity contribution is 0.0497. The molecule has 3 rings (SSSR count). The van der Waals surface area contributed by atoms with Gasteiger partial charge in [-0.1, -0.05) is 88.4 Å². The maximum absolute atomic E-state index is 12.6. The zero-order valence-electron chi connectivity index (χ0n) is 23.5. The molecule has 8 nitrogen and oxygen atoms in total. The van der Waals surface area contributed by atoms with E-state index in [-0.39, 0.29) is 0 Å². The number of aromatic nitrogens is 2. The second-order valence-electron chi connectivity index (χ2n) is 9.78. The van der Waals surface area contributed by atoms with Gasteiger partial charge in [-0.2, -0.15) is 0 Å². The number of nitrogens with zero attached hydrogens (tertiary/aromatic N) is 3. The van der Waals surface area contributed by atoms with Crippen LogP contribution in [0.3, 0.4) is 0 Å². The Bertz CT molecular complexity index is 1300. The van der Waals surface area contributed by atoms with Crippen molar-refractivity contribution < 1.29 is 14.3 Å². The van der Waals surface area contributed by atoms with Crippen molar-refractivity contribution in [1.29, 1.82) is 0 Å². The second kappa shape index (κ2) is 16.0. The Morgan fingerprint density at radius 2 is 1.54 bits per heavy atom. The van der Waals surface area contributed by atoms with E-state index in [1.807, 2.05) is 47.4 Å². The summed E-state index contributed by atoms with van der Waals surface area (Å²) in [6, 6.07) is 12.1. The van der Waals surface area contributed by atoms with E-state index in [0.717, 1.165) is 30.3 Å². The minimum atomic E-state index is -0.569. The molecule has 1 aromatic heterocycles. The van der Waals surface area contributed by atoms with E-state index < -0.39 is 12.0 Å². The molecule has 0 bridgehead atoms. The van der Waals surface area contributed by atoms with Crippen molar-refractivity contribution >= 4 is 40.3 Å². The monoisotopic (exact) mass is 555 g/mol. The number of rotatable bonds is 15. The second-order valence-corrected chi connectivity index (χ2v) is 10.2. The molecule has 0 aliphatic heterocycles. The smallest absolute Gasteiger partial charge is 0.339 e. The van der Waals surface area contributed by atoms with Crippen LogP contribution in [0, 0.1) is 0 Å². The molecule has 0 unspecified atom stereocenters. The molecule has 0 saturated heterocycles. The fourth-order valence-corrected chi connectivity index (χ4v) is 4.82. The number of ether oxygens (including phenoxy) is 1. The molecule has 0 spiro atoms. The van der Waals surface area contributed by atoms with E-state index in [1.165, 1.54) is 51.0 Å². The Labute approximate surface area is 236 Å². The number of halogens is 1. The molecule has 0 fully saturated rings. The zero-order valence-corrected chi connectivity index (χ0v) is 24.2. The van der Waals surface area contributed by atoms with Gasteiger partial charge in [0, 0.05) is 13.6 Å². The Morgan fingerprint density at radius 3 is 2.21 bits per heavy atom. The number of fused-ring (bicyclic) bond motifs is 1. The maximum atomic E-state index is 12.6. The lowest BCUT2D eigenvalue weighted by Gasteiger charge is -2.10. The highest BCUT2D eigenvalue weighted by Gasteiger charge is 2.13. The summed E-state index contributed by atoms with van der Waals surface area (Å²) >= 11 is 6.28. The van der Waals surface area contributed by atoms with Gasteiger partial charge in [-0.25, -0.2) is 15.0 Å². The quantitative estimate of drug-likeness (QED) is 0.116. The van der Waals surface area contributed by atoms with Gasteiger partial charge in [0.25, 0.3) is 0 Å². The van der Waals surface area contributed by atoms with Crippen LogP contribution in [0.15, 0.2) is 47.6 Å². The molecule has 2 N–H and O–H groups in total. The molecule has 2 aromatic carbocycles. The van der Waals surface area contributed by atoms with Crippen LogP contribution < -0.4 is 16.4 Å². The predicted octanol–water partition coefficient (Wildman–Crippen LogP) is 7.37. The van der Waals surface area contributed by atoms with Crippen LogP contribution in [0.4, 0.5) is 10.5 Å². The summed E-state index contributed by atoms with van der Waals surface area (Å²) in [5.74, 6) is -0.435. The largest absolute Gasteiger partial charge is 0.462 e. The number of hydrogen-bond acceptors (Lipinski definition) is 4. The van der Waals surface area contributed by atoms with E-state index in [1.54, 1.807) is 12.1 Å². The van der Waals surface area contributed by atoms with E-state index in [0.29, 0.717) is 35.0 Å². The first-order valence-corrected chi connectivity index (χ1v) is 14.6. The molecule has 0 aliphatic carbocycles. The summed E-state index contributed by atoms with van der Waals surface area (Å²) in [7, 11) is 1.90. The number of amides is 2. The molecule has 0 radical (unpaired) electrons. The van der Waals surface area contributed by atoms with Crippen LogP contribution in [0.25, 0.3) is 11.0 Å². The molecule has 9 heteroatoms. The first kappa shape index (κ1) is 30.3. The van der Waals surface area contributed by atoms with Gasteiger partial charge < -0.3 is 19.2 Å². The summed E-state index contributed by atoms with van der Waals surface area (Å²) in [6.45, 7) is 5.33. The number of urea groups is 1. The maximum Gasteiger partial charge on any atom is 0.339 e. The SMILES string of the molecule is CCCCCCCCCCCCOC(=O)c1ccc(Cl)c(NC(=O)N/N=c2/n(C)c3ccccc3n2CC)c1. The highest BCUT2D eigenvalue weighted by molar-refractivity contribution is 6.33. The van der Waals surface area contributed by atoms with Crippen LogP contribution >= 0.6 is 11.6 Å². The number of anilines is 1. The van der Waals surface area contributed by atoms with Gasteiger partial charge in [-0.15, -0.1) is 5.10 Å². The minimum Gasteiger partial charge on any atom is -0.462 e. The van der Waals surface area contributed by atoms with Gasteiger partial charge in [-0.3, -0.25) is 0 Å². The van der Waals surface area contributed by atoms with Gasteiger partial charge in [-0.05, 0) is 43.7 Å². The molecule has 0 atom stereocenters. The first-order valence-electron chi connectivity index (χ1n) is 14.2. The number of imidazole rings is 1. The van der Waals surface area contributed by atoms with Crippen molar-refractivity contribution in [1.82, 2.24) is 14.6 Å². The lowest BCUT2D eigenvalue weighted by Crippen LogP contribution is -2.32. The molecule has 0 aliphatic rings. The molecular weight excluding hydrogens is 514 g/mol. The number of aryl methyl sites for hydroxylation is 2. The molecule has 0 saturated carbocycles. The number of para-hydroxylation sites is 2. The average Bonchev–Trinajstić information content (AvgIpc) is 3.22. The lowest BCUT2D eigenvalue weighted by atomic mass is 10.1. The van der Waals surface area contributed by atoms with Crippen molar-refractivity contribution in [2.24, 2.45) is 12.1 Å². The average molecular weight is 556 g/mol. The van der Waals surface area contributed by atoms with E-state index in [2.05, 4.69) is 22.8 Å². The number of nitrogens with one attached hydrogen (secondary N) is 2. The fraction of sp³-hybridized carbons (Fsp3) is 0.500. The van der Waals surface area contributed by atoms with Crippen molar-refractivity contribution in [3.8, 4) is 0 Å². The third kappa shape index (κ3) is 8.88. The van der Waals surface area contributed by atoms with Crippen LogP contribution in [-0.2, 0) is 18.3 Å². The van der Waals surface area contributed by atoms with E-state index >= 15 is 0 Å². The van der Waals surface area contributed by atoms with Crippen LogP contribution in [-0.4, -0.2) is 27.7 Å². The van der Waals surface area contributed by atoms with Crippen molar-refractivity contribution in [2.75, 3.05) is 11.9 Å². The number of benzene rings is 2. The third-order valence-electron chi connectivity index (χ3n) is 6.83. The summed E-state index contributed by atoms with van der Waals surface area (Å²) < 4.78 is 9.36. The predicted molar refractivity (Wildman–Crippen MR) is 158 cm³/mol. The van der Waals surface area contributed by atoms with Crippen LogP contribution in [0.2, 0.25) is 5.02 Å². The Balaban J connectivity index is 1.48. The summed E-state index contributed by atoms with van der Waals surface area (Å²) in [6.07, 6.45) is 12.2. The molecule has 39 heavy (non-hydrogen) atoms. The van der Waals surface area contributed by atoms with Crippen molar-refractivity contribution in [3.63, 3.8) is 0 Å². The number of carbonyl (C=O) groups is 2. The highest BCUT2D eigenvalue weighted by Crippen LogP contribution is 2.23. The topological polar surface area (TPSA) is 89.7 Å². The van der Waals surface area contributed by atoms with E-state index in [9.17, 15) is 9.59 Å². The number of hydrogen-bond donors (Lipinski definition) is 2. The third-order valence-corrected chi connectivity index (χ3v) is 7.16. The molecule has 1 heterocycles. The number of carbonyl (C=O) groups excluding carboxylic acids is 2. The van der Waals surface area contributed by atoms with Gasteiger partial charge in [0.2, 0.25) is 5.62 Å². The summed E-state index contributed by atoms with van der Waals surface area (Å²) in [5.41, 5.74) is 5.80. The van der Waals surface area contributed by atoms with Gasteiger partial charge in [0.1, 0.15) is 0 Å². The van der Waals surface area contributed by atoms with Crippen molar-refractivity contribution in [3.05, 3.63) is 58.7 Å².